The van der Waals surface area contributed by atoms with Crippen molar-refractivity contribution in [3.8, 4) is 5.75 Å². The first-order chi connectivity index (χ1) is 11.6. The van der Waals surface area contributed by atoms with Crippen molar-refractivity contribution in [3.63, 3.8) is 0 Å². The van der Waals surface area contributed by atoms with E-state index in [4.69, 9.17) is 17.0 Å². The highest BCUT2D eigenvalue weighted by Gasteiger charge is 2.21. The van der Waals surface area contributed by atoms with Crippen molar-refractivity contribution >= 4 is 46.2 Å². The van der Waals surface area contributed by atoms with Gasteiger partial charge in [0.05, 0.1) is 4.91 Å². The molecule has 1 N–H and O–H groups in total. The van der Waals surface area contributed by atoms with Gasteiger partial charge >= 0.3 is 0 Å². The van der Waals surface area contributed by atoms with Crippen molar-refractivity contribution in [1.82, 2.24) is 10.2 Å². The largest absolute Gasteiger partial charge is 0.484 e. The predicted molar refractivity (Wildman–Crippen MR) is 98.7 cm³/mol. The molecule has 2 saturated heterocycles. The molecule has 2 fully saturated rings. The molecule has 0 saturated carbocycles. The Morgan fingerprint density at radius 2 is 1.96 bits per heavy atom. The first-order valence-electron chi connectivity index (χ1n) is 7.87. The summed E-state index contributed by atoms with van der Waals surface area (Å²) in [5.74, 6) is 0.507. The lowest BCUT2D eigenvalue weighted by atomic mass is 10.1. The predicted octanol–water partition coefficient (Wildman–Crippen LogP) is 2.57. The Morgan fingerprint density at radius 1 is 1.25 bits per heavy atom. The van der Waals surface area contributed by atoms with Gasteiger partial charge in [0.1, 0.15) is 10.1 Å². The van der Waals surface area contributed by atoms with Gasteiger partial charge < -0.3 is 15.0 Å². The molecule has 0 bridgehead atoms. The summed E-state index contributed by atoms with van der Waals surface area (Å²) in [5.41, 5.74) is 0.882. The van der Waals surface area contributed by atoms with Crippen LogP contribution in [0.25, 0.3) is 6.08 Å². The highest BCUT2D eigenvalue weighted by Crippen LogP contribution is 2.26. The molecule has 3 rings (SSSR count). The van der Waals surface area contributed by atoms with Crippen molar-refractivity contribution in [2.24, 2.45) is 0 Å². The van der Waals surface area contributed by atoms with Gasteiger partial charge in [-0.25, -0.2) is 0 Å². The first kappa shape index (κ1) is 17.0. The van der Waals surface area contributed by atoms with E-state index in [1.807, 2.05) is 17.0 Å². The number of hydrogen-bond donors (Lipinski definition) is 1. The third-order valence-corrected chi connectivity index (χ3v) is 5.05. The maximum atomic E-state index is 12.1. The van der Waals surface area contributed by atoms with Crippen molar-refractivity contribution < 1.29 is 14.3 Å². The van der Waals surface area contributed by atoms with E-state index in [9.17, 15) is 9.59 Å². The van der Waals surface area contributed by atoms with E-state index in [1.165, 1.54) is 18.2 Å². The number of nitrogens with one attached hydrogen (secondary N) is 1. The van der Waals surface area contributed by atoms with Crippen LogP contribution in [0.3, 0.4) is 0 Å². The number of amides is 2. The van der Waals surface area contributed by atoms with Gasteiger partial charge in [-0.05, 0) is 43.0 Å². The fourth-order valence-corrected chi connectivity index (χ4v) is 3.66. The Bertz CT molecular complexity index is 680. The monoisotopic (exact) mass is 362 g/mol. The van der Waals surface area contributed by atoms with Crippen LogP contribution >= 0.6 is 24.0 Å². The van der Waals surface area contributed by atoms with Gasteiger partial charge in [-0.3, -0.25) is 9.59 Å². The summed E-state index contributed by atoms with van der Waals surface area (Å²) >= 11 is 6.21. The number of hydrogen-bond acceptors (Lipinski definition) is 5. The molecule has 1 aromatic rings. The number of ether oxygens (including phenoxy) is 1. The summed E-state index contributed by atoms with van der Waals surface area (Å²) in [6.45, 7) is 1.72. The van der Waals surface area contributed by atoms with Crippen LogP contribution in [0.15, 0.2) is 29.2 Å². The molecule has 0 aromatic heterocycles. The molecular weight excluding hydrogens is 344 g/mol. The molecule has 5 nitrogen and oxygen atoms in total. The standard InChI is InChI=1S/C17H18N2O3S2/c20-15(19-8-2-1-3-9-19)11-22-13-6-4-12(5-7-13)10-14-16(21)18-17(23)24-14/h4-7,10H,1-3,8-9,11H2,(H,18,21,23)/b14-10+. The topological polar surface area (TPSA) is 58.6 Å². The molecule has 2 aliphatic heterocycles. The highest BCUT2D eigenvalue weighted by atomic mass is 32.2. The number of carbonyl (C=O) groups is 2. The van der Waals surface area contributed by atoms with Crippen LogP contribution in [-0.4, -0.2) is 40.7 Å². The zero-order chi connectivity index (χ0) is 16.9. The van der Waals surface area contributed by atoms with Crippen LogP contribution in [0.1, 0.15) is 24.8 Å². The number of thiocarbonyl (C=S) groups is 1. The lowest BCUT2D eigenvalue weighted by Gasteiger charge is -2.26. The van der Waals surface area contributed by atoms with E-state index in [-0.39, 0.29) is 18.4 Å². The number of thioether (sulfide) groups is 1. The number of benzene rings is 1. The molecule has 2 amide bonds. The normalized spacial score (nSPS) is 19.5. The number of rotatable bonds is 4. The zero-order valence-corrected chi connectivity index (χ0v) is 14.8. The van der Waals surface area contributed by atoms with E-state index in [0.29, 0.717) is 15.0 Å². The van der Waals surface area contributed by atoms with Gasteiger partial charge in [-0.2, -0.15) is 0 Å². The molecule has 0 aliphatic carbocycles. The van der Waals surface area contributed by atoms with Crippen molar-refractivity contribution in [2.75, 3.05) is 19.7 Å². The van der Waals surface area contributed by atoms with E-state index >= 15 is 0 Å². The lowest BCUT2D eigenvalue weighted by molar-refractivity contribution is -0.134. The molecule has 7 heteroatoms. The van der Waals surface area contributed by atoms with Gasteiger partial charge in [-0.1, -0.05) is 36.1 Å². The molecule has 0 radical (unpaired) electrons. The van der Waals surface area contributed by atoms with Crippen LogP contribution in [0, 0.1) is 0 Å². The van der Waals surface area contributed by atoms with Crippen LogP contribution in [0.2, 0.25) is 0 Å². The quantitative estimate of drug-likeness (QED) is 0.659. The molecule has 0 atom stereocenters. The first-order valence-corrected chi connectivity index (χ1v) is 9.10. The molecule has 126 valence electrons. The second-order valence-corrected chi connectivity index (χ2v) is 7.37. The average molecular weight is 362 g/mol. The molecule has 24 heavy (non-hydrogen) atoms. The Hall–Kier alpha value is -1.86. The van der Waals surface area contributed by atoms with E-state index in [2.05, 4.69) is 5.32 Å². The van der Waals surface area contributed by atoms with Gasteiger partial charge in [0.15, 0.2) is 6.61 Å². The Morgan fingerprint density at radius 3 is 2.58 bits per heavy atom. The maximum Gasteiger partial charge on any atom is 0.263 e. The van der Waals surface area contributed by atoms with E-state index in [1.54, 1.807) is 18.2 Å². The van der Waals surface area contributed by atoms with Gasteiger partial charge in [0, 0.05) is 13.1 Å². The number of carbonyl (C=O) groups excluding carboxylic acids is 2. The summed E-state index contributed by atoms with van der Waals surface area (Å²) in [6.07, 6.45) is 5.12. The second kappa shape index (κ2) is 7.81. The molecule has 2 heterocycles. The summed E-state index contributed by atoms with van der Waals surface area (Å²) < 4.78 is 6.04. The second-order valence-electron chi connectivity index (χ2n) is 5.65. The van der Waals surface area contributed by atoms with Gasteiger partial charge in [0.2, 0.25) is 0 Å². The Balaban J connectivity index is 1.55. The summed E-state index contributed by atoms with van der Waals surface area (Å²) in [4.78, 5) is 26.1. The third kappa shape index (κ3) is 4.36. The molecule has 2 aliphatic rings. The Labute approximate surface area is 150 Å². The van der Waals surface area contributed by atoms with Crippen molar-refractivity contribution in [3.05, 3.63) is 34.7 Å². The molecule has 0 unspecified atom stereocenters. The SMILES string of the molecule is O=C1NC(=S)S/C1=C/c1ccc(OCC(=O)N2CCCCC2)cc1. The molecular formula is C17H18N2O3S2. The minimum atomic E-state index is -0.169. The van der Waals surface area contributed by atoms with Crippen LogP contribution in [0.4, 0.5) is 0 Å². The zero-order valence-electron chi connectivity index (χ0n) is 13.1. The third-order valence-electron chi connectivity index (χ3n) is 3.89. The van der Waals surface area contributed by atoms with E-state index < -0.39 is 0 Å². The molecule has 0 spiro atoms. The number of piperidine rings is 1. The van der Waals surface area contributed by atoms with Crippen LogP contribution in [0.5, 0.6) is 5.75 Å². The summed E-state index contributed by atoms with van der Waals surface area (Å²) in [7, 11) is 0. The molecule has 1 aromatic carbocycles. The maximum absolute atomic E-state index is 12.1. The lowest BCUT2D eigenvalue weighted by Crippen LogP contribution is -2.38. The average Bonchev–Trinajstić information content (AvgIpc) is 2.92. The number of nitrogens with zero attached hydrogens (tertiary/aromatic N) is 1. The summed E-state index contributed by atoms with van der Waals surface area (Å²) in [5, 5.41) is 2.58. The fourth-order valence-electron chi connectivity index (χ4n) is 2.61. The number of likely N-dealkylation sites (tertiary alicyclic amines) is 1. The fraction of sp³-hybridized carbons (Fsp3) is 0.353. The van der Waals surface area contributed by atoms with Crippen molar-refractivity contribution in [2.45, 2.75) is 19.3 Å². The van der Waals surface area contributed by atoms with E-state index in [0.717, 1.165) is 31.5 Å². The minimum absolute atomic E-state index is 0.0356. The van der Waals surface area contributed by atoms with Crippen LogP contribution in [-0.2, 0) is 9.59 Å². The van der Waals surface area contributed by atoms with Crippen LogP contribution < -0.4 is 10.1 Å². The Kier molecular flexibility index (Phi) is 5.52. The van der Waals surface area contributed by atoms with Crippen molar-refractivity contribution in [1.29, 1.82) is 0 Å². The highest BCUT2D eigenvalue weighted by molar-refractivity contribution is 8.26. The van der Waals surface area contributed by atoms with Gasteiger partial charge in [-0.15, -0.1) is 0 Å². The minimum Gasteiger partial charge on any atom is -0.484 e. The summed E-state index contributed by atoms with van der Waals surface area (Å²) in [6, 6.07) is 7.29. The smallest absolute Gasteiger partial charge is 0.263 e. The van der Waals surface area contributed by atoms with Gasteiger partial charge in [0.25, 0.3) is 11.8 Å².